The van der Waals surface area contributed by atoms with Gasteiger partial charge < -0.3 is 48.3 Å². The zero-order valence-electron chi connectivity index (χ0n) is 24.9. The minimum atomic E-state index is -1.56. The summed E-state index contributed by atoms with van der Waals surface area (Å²) >= 11 is 1.40. The van der Waals surface area contributed by atoms with Gasteiger partial charge in [0.15, 0.2) is 0 Å². The Morgan fingerprint density at radius 2 is 1.51 bits per heavy atom. The number of nitrogens with zero attached hydrogens (tertiary/aromatic N) is 1. The molecule has 17 heteroatoms. The summed E-state index contributed by atoms with van der Waals surface area (Å²) in [7, 11) is 0. The molecule has 6 amide bonds. The van der Waals surface area contributed by atoms with E-state index < -0.39 is 78.0 Å². The quantitative estimate of drug-likeness (QED) is 0.0834. The summed E-state index contributed by atoms with van der Waals surface area (Å²) in [5.41, 5.74) is 16.9. The van der Waals surface area contributed by atoms with Gasteiger partial charge in [0.05, 0.1) is 12.5 Å². The molecule has 0 unspecified atom stereocenters. The molecular weight excluding hydrogens is 610 g/mol. The van der Waals surface area contributed by atoms with Gasteiger partial charge in [-0.2, -0.15) is 11.8 Å². The first-order valence-electron chi connectivity index (χ1n) is 14.3. The fraction of sp³-hybridized carbons (Fsp3) is 0.536. The number of carboxylic acid groups (broad SMARTS) is 1. The van der Waals surface area contributed by atoms with Crippen LogP contribution in [-0.2, 0) is 40.0 Å². The smallest absolute Gasteiger partial charge is 0.326 e. The lowest BCUT2D eigenvalue weighted by atomic mass is 10.0. The van der Waals surface area contributed by atoms with Gasteiger partial charge in [0.25, 0.3) is 0 Å². The van der Waals surface area contributed by atoms with Crippen LogP contribution < -0.4 is 33.2 Å². The zero-order valence-corrected chi connectivity index (χ0v) is 25.7. The summed E-state index contributed by atoms with van der Waals surface area (Å²) in [5.74, 6) is -5.57. The van der Waals surface area contributed by atoms with Gasteiger partial charge in [-0.3, -0.25) is 28.8 Å². The molecule has 1 fully saturated rings. The number of likely N-dealkylation sites (tertiary alicyclic amines) is 1. The van der Waals surface area contributed by atoms with Crippen molar-refractivity contribution in [1.29, 1.82) is 0 Å². The first-order valence-corrected chi connectivity index (χ1v) is 15.7. The monoisotopic (exact) mass is 651 g/mol. The molecule has 2 rings (SSSR count). The molecule has 1 aliphatic heterocycles. The molecule has 45 heavy (non-hydrogen) atoms. The van der Waals surface area contributed by atoms with E-state index in [4.69, 9.17) is 17.2 Å². The minimum absolute atomic E-state index is 0.0374. The third-order valence-electron chi connectivity index (χ3n) is 7.13. The van der Waals surface area contributed by atoms with Crippen LogP contribution in [0.25, 0.3) is 0 Å². The number of amides is 6. The average molecular weight is 652 g/mol. The number of nitrogens with two attached hydrogens (primary N) is 3. The predicted molar refractivity (Wildman–Crippen MR) is 163 cm³/mol. The van der Waals surface area contributed by atoms with Crippen LogP contribution in [0.1, 0.15) is 44.1 Å². The van der Waals surface area contributed by atoms with E-state index in [1.807, 2.05) is 0 Å². The number of rotatable bonds is 18. The predicted octanol–water partition coefficient (Wildman–Crippen LogP) is -2.31. The van der Waals surface area contributed by atoms with Crippen LogP contribution in [0.5, 0.6) is 5.75 Å². The van der Waals surface area contributed by atoms with E-state index in [0.29, 0.717) is 17.7 Å². The molecule has 1 heterocycles. The van der Waals surface area contributed by atoms with Crippen molar-refractivity contribution in [3.63, 3.8) is 0 Å². The van der Waals surface area contributed by atoms with Crippen molar-refractivity contribution >= 4 is 53.2 Å². The van der Waals surface area contributed by atoms with Crippen LogP contribution in [0.3, 0.4) is 0 Å². The van der Waals surface area contributed by atoms with Crippen LogP contribution in [-0.4, -0.2) is 105 Å². The molecule has 0 spiro atoms. The third kappa shape index (κ3) is 11.9. The van der Waals surface area contributed by atoms with Crippen LogP contribution in [0.4, 0.5) is 0 Å². The van der Waals surface area contributed by atoms with Gasteiger partial charge in [0, 0.05) is 19.4 Å². The maximum atomic E-state index is 13.5. The minimum Gasteiger partial charge on any atom is -0.508 e. The Labute approximate surface area is 264 Å². The lowest BCUT2D eigenvalue weighted by molar-refractivity contribution is -0.149. The number of benzene rings is 1. The number of carbonyl (C=O) groups excluding carboxylic acids is 6. The van der Waals surface area contributed by atoms with Gasteiger partial charge in [-0.1, -0.05) is 12.1 Å². The van der Waals surface area contributed by atoms with Gasteiger partial charge in [0.2, 0.25) is 35.4 Å². The molecule has 5 atom stereocenters. The number of nitrogens with one attached hydrogen (secondary N) is 3. The Balaban J connectivity index is 2.28. The topological polar surface area (TPSA) is 277 Å². The molecule has 1 saturated heterocycles. The zero-order chi connectivity index (χ0) is 33.7. The van der Waals surface area contributed by atoms with E-state index >= 15 is 0 Å². The molecular formula is C28H41N7O9S. The molecule has 1 aromatic carbocycles. The Bertz CT molecular complexity index is 1250. The maximum absolute atomic E-state index is 13.5. The normalized spacial score (nSPS) is 16.9. The number of thioether (sulfide) groups is 1. The van der Waals surface area contributed by atoms with E-state index in [0.717, 1.165) is 0 Å². The number of phenolic OH excluding ortho intramolecular Hbond substituents is 1. The number of phenols is 1. The lowest BCUT2D eigenvalue weighted by Gasteiger charge is -2.29. The maximum Gasteiger partial charge on any atom is 0.326 e. The van der Waals surface area contributed by atoms with Gasteiger partial charge in [0.1, 0.15) is 29.9 Å². The second-order valence-electron chi connectivity index (χ2n) is 10.6. The summed E-state index contributed by atoms with van der Waals surface area (Å²) in [6, 6.07) is -0.514. The van der Waals surface area contributed by atoms with E-state index in [-0.39, 0.29) is 44.4 Å². The largest absolute Gasteiger partial charge is 0.508 e. The van der Waals surface area contributed by atoms with E-state index in [9.17, 15) is 43.8 Å². The highest BCUT2D eigenvalue weighted by Gasteiger charge is 2.38. The molecule has 0 aromatic heterocycles. The molecule has 1 aliphatic rings. The average Bonchev–Trinajstić information content (AvgIpc) is 3.48. The third-order valence-corrected chi connectivity index (χ3v) is 7.78. The van der Waals surface area contributed by atoms with E-state index in [2.05, 4.69) is 16.0 Å². The van der Waals surface area contributed by atoms with Crippen LogP contribution in [0.2, 0.25) is 0 Å². The lowest BCUT2D eigenvalue weighted by Crippen LogP contribution is -2.59. The van der Waals surface area contributed by atoms with Crippen molar-refractivity contribution in [2.45, 2.75) is 75.2 Å². The van der Waals surface area contributed by atoms with E-state index in [1.165, 1.54) is 40.9 Å². The summed E-state index contributed by atoms with van der Waals surface area (Å²) in [6.07, 6.45) is 1.65. The van der Waals surface area contributed by atoms with Gasteiger partial charge in [-0.25, -0.2) is 4.79 Å². The fourth-order valence-corrected chi connectivity index (χ4v) is 5.19. The van der Waals surface area contributed by atoms with Gasteiger partial charge >= 0.3 is 5.97 Å². The Hall–Kier alpha value is -4.38. The number of carbonyl (C=O) groups is 7. The molecule has 11 N–H and O–H groups in total. The summed E-state index contributed by atoms with van der Waals surface area (Å²) in [6.45, 7) is 0.198. The van der Waals surface area contributed by atoms with E-state index in [1.54, 1.807) is 6.26 Å². The van der Waals surface area contributed by atoms with Crippen molar-refractivity contribution in [2.24, 2.45) is 17.2 Å². The van der Waals surface area contributed by atoms with Gasteiger partial charge in [-0.15, -0.1) is 0 Å². The fourth-order valence-electron chi connectivity index (χ4n) is 4.72. The Kier molecular flexibility index (Phi) is 14.6. The van der Waals surface area contributed by atoms with Crippen molar-refractivity contribution in [3.8, 4) is 5.75 Å². The van der Waals surface area contributed by atoms with Crippen LogP contribution in [0, 0.1) is 0 Å². The highest BCUT2D eigenvalue weighted by molar-refractivity contribution is 7.98. The Morgan fingerprint density at radius 3 is 2.09 bits per heavy atom. The molecule has 0 aliphatic carbocycles. The van der Waals surface area contributed by atoms with Crippen molar-refractivity contribution in [3.05, 3.63) is 29.8 Å². The van der Waals surface area contributed by atoms with Gasteiger partial charge in [-0.05, 0) is 55.4 Å². The molecule has 0 bridgehead atoms. The number of hydrogen-bond acceptors (Lipinski definition) is 10. The number of hydrogen-bond donors (Lipinski definition) is 8. The standard InChI is InChI=1S/C28H41N7O9S/c1-45-12-10-18(27(42)35-11-2-3-21(35)28(43)44)32-26(41)20(14-23(31)38)34-25(40)19(13-15-4-6-16(36)7-5-15)33-24(39)17(29)8-9-22(30)37/h4-7,17-21,36H,2-3,8-14,29H2,1H3,(H2,30,37)(H2,31,38)(H,32,41)(H,33,39)(H,34,40)(H,43,44)/t17-,18-,19-,20-,21-/m0/s1. The molecule has 0 radical (unpaired) electrons. The number of aromatic hydroxyl groups is 1. The number of aliphatic carboxylic acids is 1. The highest BCUT2D eigenvalue weighted by atomic mass is 32.2. The number of carboxylic acids is 1. The first kappa shape index (κ1) is 36.8. The first-order chi connectivity index (χ1) is 21.2. The summed E-state index contributed by atoms with van der Waals surface area (Å²) < 4.78 is 0. The molecule has 0 saturated carbocycles. The van der Waals surface area contributed by atoms with Crippen LogP contribution >= 0.6 is 11.8 Å². The highest BCUT2D eigenvalue weighted by Crippen LogP contribution is 2.20. The second-order valence-corrected chi connectivity index (χ2v) is 11.6. The summed E-state index contributed by atoms with van der Waals surface area (Å²) in [4.78, 5) is 88.9. The van der Waals surface area contributed by atoms with Crippen molar-refractivity contribution < 1.29 is 43.8 Å². The van der Waals surface area contributed by atoms with Crippen molar-refractivity contribution in [1.82, 2.24) is 20.9 Å². The van der Waals surface area contributed by atoms with Crippen molar-refractivity contribution in [2.75, 3.05) is 18.6 Å². The molecule has 248 valence electrons. The second kappa shape index (κ2) is 17.8. The Morgan fingerprint density at radius 1 is 0.911 bits per heavy atom. The number of primary amides is 2. The molecule has 16 nitrogen and oxygen atoms in total. The SMILES string of the molecule is CSCC[C@H](NC(=O)[C@H](CC(N)=O)NC(=O)[C@H](Cc1ccc(O)cc1)NC(=O)[C@@H](N)CCC(N)=O)C(=O)N1CCC[C@H]1C(=O)O. The summed E-state index contributed by atoms with van der Waals surface area (Å²) in [5, 5.41) is 26.6. The van der Waals surface area contributed by atoms with Crippen LogP contribution in [0.15, 0.2) is 24.3 Å². The molecule has 1 aromatic rings.